The van der Waals surface area contributed by atoms with E-state index >= 15 is 0 Å². The molecule has 32 heavy (non-hydrogen) atoms. The topological polar surface area (TPSA) is 78.8 Å². The summed E-state index contributed by atoms with van der Waals surface area (Å²) in [5.74, 6) is -0.210. The lowest BCUT2D eigenvalue weighted by Gasteiger charge is -2.27. The molecule has 0 unspecified atom stereocenters. The lowest BCUT2D eigenvalue weighted by Crippen LogP contribution is -2.37. The minimum absolute atomic E-state index is 0.279. The van der Waals surface area contributed by atoms with Crippen molar-refractivity contribution in [3.05, 3.63) is 87.3 Å². The zero-order valence-electron chi connectivity index (χ0n) is 17.3. The number of hydrogen-bond acceptors (Lipinski definition) is 5. The molecule has 0 aliphatic heterocycles. The molecule has 7 heteroatoms. The van der Waals surface area contributed by atoms with Crippen molar-refractivity contribution >= 4 is 35.0 Å². The van der Waals surface area contributed by atoms with Gasteiger partial charge in [0, 0.05) is 28.6 Å². The number of aliphatic carboxylic acids is 1. The largest absolute Gasteiger partial charge is 0.478 e. The quantitative estimate of drug-likeness (QED) is 0.381. The predicted octanol–water partition coefficient (Wildman–Crippen LogP) is 5.47. The van der Waals surface area contributed by atoms with Crippen LogP contribution in [0, 0.1) is 0 Å². The third-order valence-electron chi connectivity index (χ3n) is 5.45. The number of carbonyl (C=O) groups is 1. The molecule has 1 aromatic heterocycles. The monoisotopic (exact) mass is 469 g/mol. The number of carboxylic acid groups (broad SMARTS) is 1. The molecule has 0 radical (unpaired) electrons. The van der Waals surface area contributed by atoms with Crippen LogP contribution in [0.3, 0.4) is 0 Å². The molecule has 0 amide bonds. The van der Waals surface area contributed by atoms with Gasteiger partial charge in [0.25, 0.3) is 0 Å². The summed E-state index contributed by atoms with van der Waals surface area (Å²) in [6, 6.07) is 17.4. The van der Waals surface area contributed by atoms with E-state index in [0.717, 1.165) is 41.5 Å². The molecule has 2 aromatic carbocycles. The normalized spacial score (nSPS) is 16.6. The Bertz CT molecular complexity index is 1130. The first kappa shape index (κ1) is 22.6. The maximum absolute atomic E-state index is 10.7. The third-order valence-corrected chi connectivity index (χ3v) is 6.61. The number of fused-ring (bicyclic) bond motifs is 1. The maximum atomic E-state index is 10.7. The smallest absolute Gasteiger partial charge is 0.328 e. The van der Waals surface area contributed by atoms with Gasteiger partial charge in [0.2, 0.25) is 0 Å². The van der Waals surface area contributed by atoms with Crippen LogP contribution in [0.15, 0.2) is 60.7 Å². The van der Waals surface area contributed by atoms with E-state index in [2.05, 4.69) is 17.4 Å². The fourth-order valence-corrected chi connectivity index (χ4v) is 4.81. The molecule has 1 heterocycles. The molecule has 4 rings (SSSR count). The van der Waals surface area contributed by atoms with Gasteiger partial charge in [-0.2, -0.15) is 0 Å². The molecule has 0 bridgehead atoms. The lowest BCUT2D eigenvalue weighted by molar-refractivity contribution is -0.131. The van der Waals surface area contributed by atoms with Gasteiger partial charge >= 0.3 is 5.97 Å². The van der Waals surface area contributed by atoms with Crippen molar-refractivity contribution in [2.45, 2.75) is 31.4 Å². The summed E-state index contributed by atoms with van der Waals surface area (Å²) in [4.78, 5) is 11.5. The number of aliphatic hydroxyl groups excluding tert-OH is 1. The summed E-state index contributed by atoms with van der Waals surface area (Å²) >= 11 is 7.42. The van der Waals surface area contributed by atoms with E-state index in [9.17, 15) is 9.90 Å². The van der Waals surface area contributed by atoms with Crippen molar-refractivity contribution in [2.24, 2.45) is 0 Å². The summed E-state index contributed by atoms with van der Waals surface area (Å²) in [7, 11) is 0. The Labute approximate surface area is 195 Å². The molecule has 2 atom stereocenters. The molecule has 3 N–H and O–H groups in total. The summed E-state index contributed by atoms with van der Waals surface area (Å²) in [6.45, 7) is 0.471. The zero-order valence-corrected chi connectivity index (χ0v) is 18.9. The Morgan fingerprint density at radius 1 is 1.22 bits per heavy atom. The minimum Gasteiger partial charge on any atom is -0.478 e. The Hall–Kier alpha value is -2.64. The van der Waals surface area contributed by atoms with Crippen molar-refractivity contribution in [1.29, 1.82) is 0 Å². The number of rotatable bonds is 8. The van der Waals surface area contributed by atoms with Crippen LogP contribution >= 0.6 is 22.9 Å². The number of hydrogen-bond donors (Lipinski definition) is 3. The molecule has 0 saturated carbocycles. The molecule has 166 valence electrons. The third kappa shape index (κ3) is 5.99. The summed E-state index contributed by atoms with van der Waals surface area (Å²) in [5.41, 5.74) is 3.37. The van der Waals surface area contributed by atoms with Gasteiger partial charge < -0.3 is 20.3 Å². The van der Waals surface area contributed by atoms with Gasteiger partial charge in [-0.05, 0) is 78.4 Å². The number of benzene rings is 2. The SMILES string of the molecule is O=C(O)C=Cc1ccc(Oc2ccc3c(c2)C[C@@H](NC[C@H](O)c2cccc(Cl)c2)CC3)s1. The van der Waals surface area contributed by atoms with E-state index in [4.69, 9.17) is 21.4 Å². The van der Waals surface area contributed by atoms with Gasteiger partial charge in [-0.3, -0.25) is 0 Å². The number of nitrogens with one attached hydrogen (secondary N) is 1. The molecular formula is C25H24ClNO4S. The fourth-order valence-electron chi connectivity index (χ4n) is 3.83. The summed E-state index contributed by atoms with van der Waals surface area (Å²) in [6.07, 6.45) is 4.92. The second kappa shape index (κ2) is 10.3. The summed E-state index contributed by atoms with van der Waals surface area (Å²) < 4.78 is 6.00. The second-order valence-corrected chi connectivity index (χ2v) is 9.29. The standard InChI is InChI=1S/C25H24ClNO4S/c26-19-3-1-2-17(12-19)23(28)15-27-20-6-4-16-5-7-21(14-18(16)13-20)31-25-11-9-22(32-25)8-10-24(29)30/h1-3,5,7-12,14,20,23,27-28H,4,6,13,15H2,(H,29,30)/t20-,23-/m0/s1. The highest BCUT2D eigenvalue weighted by atomic mass is 35.5. The molecule has 0 fully saturated rings. The second-order valence-electron chi connectivity index (χ2n) is 7.78. The van der Waals surface area contributed by atoms with Crippen LogP contribution in [-0.4, -0.2) is 28.8 Å². The Morgan fingerprint density at radius 3 is 2.91 bits per heavy atom. The van der Waals surface area contributed by atoms with Crippen LogP contribution in [0.2, 0.25) is 5.02 Å². The van der Waals surface area contributed by atoms with Crippen LogP contribution in [0.1, 0.15) is 34.1 Å². The van der Waals surface area contributed by atoms with Crippen molar-refractivity contribution in [2.75, 3.05) is 6.54 Å². The highest BCUT2D eigenvalue weighted by Crippen LogP contribution is 2.33. The lowest BCUT2D eigenvalue weighted by atomic mass is 9.88. The number of halogens is 1. The molecule has 1 aliphatic carbocycles. The average Bonchev–Trinajstić information content (AvgIpc) is 3.23. The van der Waals surface area contributed by atoms with E-state index in [0.29, 0.717) is 16.6 Å². The van der Waals surface area contributed by atoms with E-state index in [1.165, 1.54) is 22.5 Å². The molecule has 5 nitrogen and oxygen atoms in total. The van der Waals surface area contributed by atoms with E-state index < -0.39 is 12.1 Å². The molecule has 3 aromatic rings. The Balaban J connectivity index is 1.36. The van der Waals surface area contributed by atoms with Crippen LogP contribution in [-0.2, 0) is 17.6 Å². The van der Waals surface area contributed by atoms with Crippen molar-refractivity contribution < 1.29 is 19.7 Å². The molecular weight excluding hydrogens is 446 g/mol. The Kier molecular flexibility index (Phi) is 7.27. The van der Waals surface area contributed by atoms with Gasteiger partial charge in [-0.15, -0.1) is 0 Å². The zero-order chi connectivity index (χ0) is 22.5. The molecule has 0 saturated heterocycles. The predicted molar refractivity (Wildman–Crippen MR) is 128 cm³/mol. The first-order valence-electron chi connectivity index (χ1n) is 10.4. The van der Waals surface area contributed by atoms with Crippen LogP contribution in [0.4, 0.5) is 0 Å². The average molecular weight is 470 g/mol. The highest BCUT2D eigenvalue weighted by Gasteiger charge is 2.20. The number of thiophene rings is 1. The van der Waals surface area contributed by atoms with Gasteiger partial charge in [0.15, 0.2) is 5.06 Å². The van der Waals surface area contributed by atoms with Crippen molar-refractivity contribution in [3.8, 4) is 10.8 Å². The number of carboxylic acids is 1. The Morgan fingerprint density at radius 2 is 2.09 bits per heavy atom. The first-order chi connectivity index (χ1) is 15.5. The fraction of sp³-hybridized carbons (Fsp3) is 0.240. The highest BCUT2D eigenvalue weighted by molar-refractivity contribution is 7.14. The number of ether oxygens (including phenoxy) is 1. The van der Waals surface area contributed by atoms with Crippen LogP contribution in [0.25, 0.3) is 6.08 Å². The van der Waals surface area contributed by atoms with Crippen LogP contribution in [0.5, 0.6) is 10.8 Å². The summed E-state index contributed by atoms with van der Waals surface area (Å²) in [5, 5.41) is 24.0. The molecule has 0 spiro atoms. The van der Waals surface area contributed by atoms with Gasteiger partial charge in [-0.25, -0.2) is 4.79 Å². The van der Waals surface area contributed by atoms with Gasteiger partial charge in [0.1, 0.15) is 5.75 Å². The number of aliphatic hydroxyl groups is 1. The maximum Gasteiger partial charge on any atom is 0.328 e. The van der Waals surface area contributed by atoms with Crippen molar-refractivity contribution in [1.82, 2.24) is 5.32 Å². The molecule has 1 aliphatic rings. The van der Waals surface area contributed by atoms with E-state index in [1.54, 1.807) is 18.2 Å². The first-order valence-corrected chi connectivity index (χ1v) is 11.6. The van der Waals surface area contributed by atoms with Gasteiger partial charge in [-0.1, -0.05) is 41.1 Å². The van der Waals surface area contributed by atoms with Crippen molar-refractivity contribution in [3.63, 3.8) is 0 Å². The number of aryl methyl sites for hydroxylation is 1. The minimum atomic E-state index is -0.973. The van der Waals surface area contributed by atoms with Gasteiger partial charge in [0.05, 0.1) is 6.10 Å². The van der Waals surface area contributed by atoms with E-state index in [-0.39, 0.29) is 6.04 Å². The van der Waals surface area contributed by atoms with E-state index in [1.807, 2.05) is 30.3 Å². The van der Waals surface area contributed by atoms with Crippen LogP contribution < -0.4 is 10.1 Å².